The molecule has 17 heavy (non-hydrogen) atoms. The van der Waals surface area contributed by atoms with Gasteiger partial charge in [-0.05, 0) is 0 Å². The fourth-order valence-corrected chi connectivity index (χ4v) is 1.77. The number of carboxylic acids is 1. The molecule has 1 aromatic heterocycles. The molecule has 2 heterocycles. The third-order valence-corrected chi connectivity index (χ3v) is 2.63. The summed E-state index contributed by atoms with van der Waals surface area (Å²) >= 11 is 0. The molecular formula is C10H14N4O3. The van der Waals surface area contributed by atoms with Gasteiger partial charge in [-0.15, -0.1) is 0 Å². The zero-order valence-electron chi connectivity index (χ0n) is 9.46. The highest BCUT2D eigenvalue weighted by Gasteiger charge is 2.29. The molecule has 1 saturated heterocycles. The van der Waals surface area contributed by atoms with Crippen LogP contribution >= 0.6 is 0 Å². The van der Waals surface area contributed by atoms with Gasteiger partial charge < -0.3 is 20.1 Å². The van der Waals surface area contributed by atoms with Crippen LogP contribution in [-0.4, -0.2) is 53.8 Å². The van der Waals surface area contributed by atoms with Gasteiger partial charge in [0.05, 0.1) is 19.5 Å². The smallest absolute Gasteiger partial charge is 0.327 e. The monoisotopic (exact) mass is 238 g/mol. The summed E-state index contributed by atoms with van der Waals surface area (Å²) in [6.45, 7) is 1.70. The molecule has 92 valence electrons. The molecule has 1 atom stereocenters. The van der Waals surface area contributed by atoms with E-state index in [2.05, 4.69) is 15.3 Å². The summed E-state index contributed by atoms with van der Waals surface area (Å²) < 4.78 is 4.98. The first-order chi connectivity index (χ1) is 8.22. The van der Waals surface area contributed by atoms with Gasteiger partial charge in [-0.25, -0.2) is 4.79 Å². The van der Waals surface area contributed by atoms with E-state index in [0.717, 1.165) is 6.54 Å². The summed E-state index contributed by atoms with van der Waals surface area (Å²) in [5.74, 6) is 0.0326. The van der Waals surface area contributed by atoms with Crippen molar-refractivity contribution < 1.29 is 14.6 Å². The number of carbonyl (C=O) groups is 1. The predicted molar refractivity (Wildman–Crippen MR) is 60.2 cm³/mol. The minimum atomic E-state index is -0.873. The molecule has 0 radical (unpaired) electrons. The largest absolute Gasteiger partial charge is 0.480 e. The number of rotatable bonds is 3. The minimum Gasteiger partial charge on any atom is -0.480 e. The van der Waals surface area contributed by atoms with Gasteiger partial charge in [0.2, 0.25) is 5.88 Å². The highest BCUT2D eigenvalue weighted by Crippen LogP contribution is 2.17. The molecule has 7 heteroatoms. The number of hydrogen-bond donors (Lipinski definition) is 2. The van der Waals surface area contributed by atoms with Crippen molar-refractivity contribution in [2.24, 2.45) is 0 Å². The number of methoxy groups -OCH3 is 1. The molecule has 2 rings (SSSR count). The standard InChI is InChI=1S/C10H14N4O3/c1-17-9-6-12-5-8(13-9)14-3-2-11-4-7(14)10(15)16/h5-7,11H,2-4H2,1H3,(H,15,16). The lowest BCUT2D eigenvalue weighted by molar-refractivity contribution is -0.138. The molecule has 0 amide bonds. The van der Waals surface area contributed by atoms with Crippen LogP contribution in [0.5, 0.6) is 5.88 Å². The average molecular weight is 238 g/mol. The van der Waals surface area contributed by atoms with E-state index < -0.39 is 12.0 Å². The molecule has 0 aliphatic carbocycles. The Hall–Kier alpha value is -1.89. The SMILES string of the molecule is COc1cncc(N2CCNCC2C(=O)O)n1. The first-order valence-corrected chi connectivity index (χ1v) is 5.28. The van der Waals surface area contributed by atoms with Crippen molar-refractivity contribution in [2.75, 3.05) is 31.6 Å². The van der Waals surface area contributed by atoms with E-state index in [-0.39, 0.29) is 0 Å². The first kappa shape index (κ1) is 11.6. The topological polar surface area (TPSA) is 87.6 Å². The molecule has 0 aromatic carbocycles. The number of piperazine rings is 1. The number of aromatic nitrogens is 2. The van der Waals surface area contributed by atoms with E-state index in [0.29, 0.717) is 24.8 Å². The van der Waals surface area contributed by atoms with Crippen LogP contribution in [0.1, 0.15) is 0 Å². The molecule has 1 fully saturated rings. The van der Waals surface area contributed by atoms with Crippen molar-refractivity contribution in [3.8, 4) is 5.88 Å². The lowest BCUT2D eigenvalue weighted by atomic mass is 10.2. The Morgan fingerprint density at radius 1 is 1.65 bits per heavy atom. The molecule has 1 aliphatic heterocycles. The van der Waals surface area contributed by atoms with Crippen molar-refractivity contribution >= 4 is 11.8 Å². The lowest BCUT2D eigenvalue weighted by Crippen LogP contribution is -2.55. The number of nitrogens with zero attached hydrogens (tertiary/aromatic N) is 3. The van der Waals surface area contributed by atoms with Gasteiger partial charge >= 0.3 is 5.97 Å². The second-order valence-corrected chi connectivity index (χ2v) is 3.67. The van der Waals surface area contributed by atoms with Gasteiger partial charge in [-0.1, -0.05) is 0 Å². The van der Waals surface area contributed by atoms with Crippen LogP contribution in [-0.2, 0) is 4.79 Å². The van der Waals surface area contributed by atoms with Gasteiger partial charge in [0.15, 0.2) is 5.82 Å². The summed E-state index contributed by atoms with van der Waals surface area (Å²) in [4.78, 5) is 21.0. The van der Waals surface area contributed by atoms with Crippen LogP contribution in [0, 0.1) is 0 Å². The van der Waals surface area contributed by atoms with E-state index in [1.807, 2.05) is 0 Å². The van der Waals surface area contributed by atoms with E-state index >= 15 is 0 Å². The van der Waals surface area contributed by atoms with Crippen molar-refractivity contribution in [1.82, 2.24) is 15.3 Å². The summed E-state index contributed by atoms with van der Waals surface area (Å²) in [7, 11) is 1.50. The quantitative estimate of drug-likeness (QED) is 0.723. The van der Waals surface area contributed by atoms with Crippen molar-refractivity contribution in [3.05, 3.63) is 12.4 Å². The zero-order valence-corrected chi connectivity index (χ0v) is 9.46. The summed E-state index contributed by atoms with van der Waals surface area (Å²) in [6, 6.07) is -0.620. The molecule has 1 unspecified atom stereocenters. The third-order valence-electron chi connectivity index (χ3n) is 2.63. The molecule has 0 bridgehead atoms. The van der Waals surface area contributed by atoms with E-state index in [9.17, 15) is 4.79 Å². The van der Waals surface area contributed by atoms with Crippen LogP contribution in [0.15, 0.2) is 12.4 Å². The van der Waals surface area contributed by atoms with E-state index in [1.165, 1.54) is 13.3 Å². The van der Waals surface area contributed by atoms with Gasteiger partial charge in [0.1, 0.15) is 6.04 Å². The molecule has 1 aliphatic rings. The minimum absolute atomic E-state index is 0.380. The number of anilines is 1. The van der Waals surface area contributed by atoms with Crippen molar-refractivity contribution in [1.29, 1.82) is 0 Å². The number of nitrogens with one attached hydrogen (secondary N) is 1. The van der Waals surface area contributed by atoms with Gasteiger partial charge in [-0.2, -0.15) is 4.98 Å². The highest BCUT2D eigenvalue weighted by molar-refractivity contribution is 5.78. The van der Waals surface area contributed by atoms with E-state index in [1.54, 1.807) is 11.1 Å². The Labute approximate surface area is 98.4 Å². The Morgan fingerprint density at radius 2 is 2.47 bits per heavy atom. The molecular weight excluding hydrogens is 224 g/mol. The fraction of sp³-hybridized carbons (Fsp3) is 0.500. The van der Waals surface area contributed by atoms with Crippen LogP contribution in [0.2, 0.25) is 0 Å². The summed E-state index contributed by atoms with van der Waals surface area (Å²) in [5, 5.41) is 12.2. The Balaban J connectivity index is 2.26. The molecule has 2 N–H and O–H groups in total. The normalized spacial score (nSPS) is 20.1. The highest BCUT2D eigenvalue weighted by atomic mass is 16.5. The summed E-state index contributed by atoms with van der Waals surface area (Å²) in [6.07, 6.45) is 3.03. The van der Waals surface area contributed by atoms with Crippen LogP contribution < -0.4 is 15.0 Å². The van der Waals surface area contributed by atoms with Gasteiger partial charge in [0, 0.05) is 19.6 Å². The Kier molecular flexibility index (Phi) is 3.38. The molecule has 7 nitrogen and oxygen atoms in total. The van der Waals surface area contributed by atoms with Crippen molar-refractivity contribution in [3.63, 3.8) is 0 Å². The third kappa shape index (κ3) is 2.44. The maximum absolute atomic E-state index is 11.1. The number of aliphatic carboxylic acids is 1. The molecule has 0 saturated carbocycles. The maximum atomic E-state index is 11.1. The van der Waals surface area contributed by atoms with Crippen LogP contribution in [0.4, 0.5) is 5.82 Å². The lowest BCUT2D eigenvalue weighted by Gasteiger charge is -2.34. The Bertz CT molecular complexity index is 412. The Morgan fingerprint density at radius 3 is 3.18 bits per heavy atom. The van der Waals surface area contributed by atoms with Crippen LogP contribution in [0.25, 0.3) is 0 Å². The molecule has 1 aromatic rings. The maximum Gasteiger partial charge on any atom is 0.327 e. The van der Waals surface area contributed by atoms with E-state index in [4.69, 9.17) is 9.84 Å². The van der Waals surface area contributed by atoms with Gasteiger partial charge in [-0.3, -0.25) is 4.98 Å². The fourth-order valence-electron chi connectivity index (χ4n) is 1.77. The second-order valence-electron chi connectivity index (χ2n) is 3.67. The number of hydrogen-bond acceptors (Lipinski definition) is 6. The van der Waals surface area contributed by atoms with Crippen LogP contribution in [0.3, 0.4) is 0 Å². The number of carboxylic acid groups (broad SMARTS) is 1. The first-order valence-electron chi connectivity index (χ1n) is 5.28. The average Bonchev–Trinajstić information content (AvgIpc) is 2.39. The van der Waals surface area contributed by atoms with Gasteiger partial charge in [0.25, 0.3) is 0 Å². The zero-order chi connectivity index (χ0) is 12.3. The number of ether oxygens (including phenoxy) is 1. The predicted octanol–water partition coefficient (Wildman–Crippen LogP) is -0.652. The molecule has 0 spiro atoms. The second kappa shape index (κ2) is 4.96. The summed E-state index contributed by atoms with van der Waals surface area (Å²) in [5.41, 5.74) is 0. The van der Waals surface area contributed by atoms with Crippen molar-refractivity contribution in [2.45, 2.75) is 6.04 Å².